The zero-order chi connectivity index (χ0) is 56.1. The Morgan fingerprint density at radius 3 is 1.96 bits per heavy atom. The molecule has 4 aliphatic heterocycles. The molecule has 3 saturated heterocycles. The van der Waals surface area contributed by atoms with Crippen LogP contribution in [-0.2, 0) is 66.6 Å². The normalized spacial score (nSPS) is 41.9. The summed E-state index contributed by atoms with van der Waals surface area (Å²) in [5.74, 6) is -7.13. The molecule has 4 rings (SSSR count). The number of rotatable bonds is 16. The second-order valence-electron chi connectivity index (χ2n) is 20.3. The number of carbonyl (C=O) groups excluding carboxylic acids is 3. The summed E-state index contributed by atoms with van der Waals surface area (Å²) < 4.78 is 54.7. The number of esters is 1. The second-order valence-corrected chi connectivity index (χ2v) is 20.3. The molecule has 4 aliphatic rings. The molecule has 426 valence electrons. The lowest BCUT2D eigenvalue weighted by atomic mass is 9.79. The van der Waals surface area contributed by atoms with E-state index in [-0.39, 0.29) is 31.7 Å². The largest absolute Gasteiger partial charge is 0.479 e. The summed E-state index contributed by atoms with van der Waals surface area (Å²) in [4.78, 5) is 61.1. The zero-order valence-electron chi connectivity index (χ0n) is 44.4. The molecule has 2 unspecified atom stereocenters. The van der Waals surface area contributed by atoms with Gasteiger partial charge in [-0.25, -0.2) is 9.59 Å². The lowest BCUT2D eigenvalue weighted by Crippen LogP contribution is -2.65. The Morgan fingerprint density at radius 1 is 0.838 bits per heavy atom. The average Bonchev–Trinajstić information content (AvgIpc) is 3.33. The molecule has 24 heteroatoms. The topological polar surface area (TPSA) is 354 Å². The molecule has 0 aromatic rings. The van der Waals surface area contributed by atoms with E-state index in [0.29, 0.717) is 12.0 Å². The van der Waals surface area contributed by atoms with Crippen LogP contribution in [-0.4, -0.2) is 232 Å². The molecule has 74 heavy (non-hydrogen) atoms. The standard InChI is InChI=1S/C46H77NO17.C4H6O6/c1-13-33-30(22-58-45-42(57-12)41(56-11)37(52)26(5)60-45)18-23(2)14-15-31(49)24(3)19-29(16-17-48)39(25(4)32(50)20-34(51)62-33)64-44-38(53)36(47(9)10)40(27(6)61-44)63-35-21-46(8,55)43(54)28(7)59-35;5-1(3(7)8)2(6)4(9)10/h14-15,17-18,24-30,32-33,35-45,50,52-55H,13,16,19-22H2,1-12H3;1-2,5-6H,(H,7,8)(H,9,10)/b15-14+,23-18+;/t24-,25+,26-,27-,28+,29+,30?,32-,33-,35+,36-,37-,38-,39?,40-,41-,42-,43+,44+,45-,46-;1-,2-/m11/s1. The zero-order valence-corrected chi connectivity index (χ0v) is 44.4. The van der Waals surface area contributed by atoms with Crippen LogP contribution >= 0.6 is 0 Å². The maximum Gasteiger partial charge on any atom is 0.335 e. The summed E-state index contributed by atoms with van der Waals surface area (Å²) in [6.07, 6.45) is -13.0. The van der Waals surface area contributed by atoms with Crippen LogP contribution < -0.4 is 0 Å². The number of ketones is 1. The molecule has 0 spiro atoms. The predicted octanol–water partition coefficient (Wildman–Crippen LogP) is -0.289. The Kier molecular flexibility index (Phi) is 25.7. The van der Waals surface area contributed by atoms with Gasteiger partial charge in [0.1, 0.15) is 49.0 Å². The maximum absolute atomic E-state index is 13.8. The van der Waals surface area contributed by atoms with Crippen molar-refractivity contribution < 1.29 is 113 Å². The summed E-state index contributed by atoms with van der Waals surface area (Å²) in [6, 6.07) is -0.748. The Labute approximate surface area is 432 Å². The van der Waals surface area contributed by atoms with Gasteiger partial charge in [0.2, 0.25) is 0 Å². The van der Waals surface area contributed by atoms with Crippen LogP contribution in [0.15, 0.2) is 23.8 Å². The van der Waals surface area contributed by atoms with E-state index < -0.39 is 164 Å². The molecule has 23 atom stereocenters. The van der Waals surface area contributed by atoms with E-state index in [0.717, 1.165) is 6.29 Å². The average molecular weight is 1070 g/mol. The van der Waals surface area contributed by atoms with Crippen molar-refractivity contribution >= 4 is 30.0 Å². The third-order valence-corrected chi connectivity index (χ3v) is 14.2. The van der Waals surface area contributed by atoms with E-state index in [1.807, 2.05) is 19.9 Å². The van der Waals surface area contributed by atoms with Crippen molar-refractivity contribution in [1.82, 2.24) is 4.90 Å². The highest BCUT2D eigenvalue weighted by Gasteiger charge is 2.52. The molecular formula is C50H83NO23. The van der Waals surface area contributed by atoms with E-state index >= 15 is 0 Å². The van der Waals surface area contributed by atoms with Gasteiger partial charge in [-0.05, 0) is 73.5 Å². The first kappa shape index (κ1) is 64.9. The Hall–Kier alpha value is -3.41. The van der Waals surface area contributed by atoms with E-state index in [9.17, 15) is 49.5 Å². The number of aliphatic hydroxyl groups is 7. The van der Waals surface area contributed by atoms with Crippen LogP contribution in [0.1, 0.15) is 87.5 Å². The van der Waals surface area contributed by atoms with Crippen LogP contribution in [0.5, 0.6) is 0 Å². The number of carboxylic acids is 2. The number of aldehydes is 1. The van der Waals surface area contributed by atoms with E-state index in [1.54, 1.807) is 59.7 Å². The van der Waals surface area contributed by atoms with Gasteiger partial charge in [0.15, 0.2) is 36.9 Å². The van der Waals surface area contributed by atoms with Crippen LogP contribution in [0, 0.1) is 23.7 Å². The van der Waals surface area contributed by atoms with Gasteiger partial charge in [-0.1, -0.05) is 38.5 Å². The molecule has 0 aromatic heterocycles. The number of aliphatic hydroxyl groups excluding tert-OH is 6. The number of hydrogen-bond donors (Lipinski definition) is 9. The number of allylic oxidation sites excluding steroid dienone is 3. The highest BCUT2D eigenvalue weighted by atomic mass is 16.7. The summed E-state index contributed by atoms with van der Waals surface area (Å²) in [6.45, 7) is 13.6. The number of likely N-dealkylation sites (N-methyl/N-ethyl adjacent to an activating group) is 1. The Bertz CT molecular complexity index is 1850. The molecular weight excluding hydrogens is 983 g/mol. The van der Waals surface area contributed by atoms with Gasteiger partial charge in [-0.15, -0.1) is 0 Å². The number of aliphatic carboxylic acids is 2. The van der Waals surface area contributed by atoms with Gasteiger partial charge in [0.25, 0.3) is 0 Å². The minimum Gasteiger partial charge on any atom is -0.479 e. The highest BCUT2D eigenvalue weighted by Crippen LogP contribution is 2.37. The molecule has 4 heterocycles. The molecule has 24 nitrogen and oxygen atoms in total. The van der Waals surface area contributed by atoms with Gasteiger partial charge in [-0.2, -0.15) is 0 Å². The van der Waals surface area contributed by atoms with Crippen molar-refractivity contribution in [3.8, 4) is 0 Å². The van der Waals surface area contributed by atoms with Gasteiger partial charge >= 0.3 is 17.9 Å². The van der Waals surface area contributed by atoms with Crippen LogP contribution in [0.3, 0.4) is 0 Å². The SMILES string of the molecule is CC[C@H]1OC(=O)C[C@@H](O)[C@H](C)C(O[C@@H]2O[C@H](C)[C@@H](O[C@H]3C[C@@](C)(O)[C@@H](O)[C@H](C)O3)[C@H](N(C)C)[C@H]2O)[C@@H](CC=O)C[C@@H](C)C(=O)/C=C/C(C)=C/C1CO[C@@H]1O[C@H](C)[C@@H](O)[C@@H](OC)[C@H]1OC.O=C(O)[C@H](O)[C@@H](O)C(=O)O. The Morgan fingerprint density at radius 2 is 1.43 bits per heavy atom. The fraction of sp³-hybridized carbons (Fsp3) is 0.820. The number of cyclic esters (lactones) is 1. The second kappa shape index (κ2) is 29.4. The third-order valence-electron chi connectivity index (χ3n) is 14.2. The molecule has 0 bridgehead atoms. The lowest BCUT2D eigenvalue weighted by molar-refractivity contribution is -0.341. The minimum absolute atomic E-state index is 0.00788. The fourth-order valence-corrected chi connectivity index (χ4v) is 9.78. The van der Waals surface area contributed by atoms with Crippen LogP contribution in [0.25, 0.3) is 0 Å². The molecule has 0 aliphatic carbocycles. The van der Waals surface area contributed by atoms with Crippen LogP contribution in [0.2, 0.25) is 0 Å². The van der Waals surface area contributed by atoms with Crippen molar-refractivity contribution in [1.29, 1.82) is 0 Å². The minimum atomic E-state index is -2.27. The Balaban J connectivity index is 0.00000130. The number of ether oxygens (including phenoxy) is 9. The van der Waals surface area contributed by atoms with Crippen molar-refractivity contribution in [3.05, 3.63) is 23.8 Å². The fourth-order valence-electron chi connectivity index (χ4n) is 9.78. The number of methoxy groups -OCH3 is 2. The first-order chi connectivity index (χ1) is 34.5. The van der Waals surface area contributed by atoms with Crippen molar-refractivity contribution in [2.24, 2.45) is 23.7 Å². The van der Waals surface area contributed by atoms with E-state index in [2.05, 4.69) is 0 Å². The predicted molar refractivity (Wildman–Crippen MR) is 258 cm³/mol. The molecule has 9 N–H and O–H groups in total. The number of carbonyl (C=O) groups is 5. The molecule has 0 radical (unpaired) electrons. The summed E-state index contributed by atoms with van der Waals surface area (Å²) >= 11 is 0. The molecule has 0 amide bonds. The monoisotopic (exact) mass is 1070 g/mol. The van der Waals surface area contributed by atoms with Gasteiger partial charge in [-0.3, -0.25) is 9.59 Å². The highest BCUT2D eigenvalue weighted by molar-refractivity contribution is 5.91. The van der Waals surface area contributed by atoms with Gasteiger partial charge < -0.3 is 98.3 Å². The van der Waals surface area contributed by atoms with E-state index in [1.165, 1.54) is 27.2 Å². The molecule has 0 saturated carbocycles. The number of carboxylic acid groups (broad SMARTS) is 2. The molecule has 0 aromatic carbocycles. The summed E-state index contributed by atoms with van der Waals surface area (Å²) in [7, 11) is 6.43. The van der Waals surface area contributed by atoms with Crippen molar-refractivity contribution in [2.45, 2.75) is 203 Å². The van der Waals surface area contributed by atoms with Gasteiger partial charge in [0.05, 0.1) is 55.2 Å². The first-order valence-electron chi connectivity index (χ1n) is 25.0. The summed E-state index contributed by atoms with van der Waals surface area (Å²) in [5.41, 5.74) is -0.806. The quantitative estimate of drug-likeness (QED) is 0.0708. The van der Waals surface area contributed by atoms with Crippen LogP contribution in [0.4, 0.5) is 0 Å². The lowest BCUT2D eigenvalue weighted by Gasteiger charge is -2.50. The van der Waals surface area contributed by atoms with E-state index in [4.69, 9.17) is 63.1 Å². The van der Waals surface area contributed by atoms with Gasteiger partial charge in [0, 0.05) is 44.8 Å². The maximum atomic E-state index is 13.8. The third kappa shape index (κ3) is 17.3. The summed E-state index contributed by atoms with van der Waals surface area (Å²) in [5, 5.41) is 88.3. The number of hydrogen-bond acceptors (Lipinski definition) is 22. The number of nitrogens with zero attached hydrogens (tertiary/aromatic N) is 1. The van der Waals surface area contributed by atoms with Crippen molar-refractivity contribution in [2.75, 3.05) is 34.9 Å². The molecule has 3 fully saturated rings. The first-order valence-corrected chi connectivity index (χ1v) is 25.0. The van der Waals surface area contributed by atoms with Crippen molar-refractivity contribution in [3.63, 3.8) is 0 Å². The smallest absolute Gasteiger partial charge is 0.335 e.